The van der Waals surface area contributed by atoms with Crippen molar-refractivity contribution in [3.8, 4) is 10.6 Å². The van der Waals surface area contributed by atoms with Gasteiger partial charge in [-0.3, -0.25) is 9.48 Å². The average Bonchev–Trinajstić information content (AvgIpc) is 3.36. The molecule has 0 N–H and O–H groups in total. The van der Waals surface area contributed by atoms with E-state index in [1.165, 1.54) is 21.0 Å². The molecule has 1 aromatic carbocycles. The molecular formula is C20H18N4O2S. The van der Waals surface area contributed by atoms with Crippen molar-refractivity contribution in [3.63, 3.8) is 0 Å². The fourth-order valence-corrected chi connectivity index (χ4v) is 4.72. The zero-order valence-electron chi connectivity index (χ0n) is 15.1. The van der Waals surface area contributed by atoms with Crippen molar-refractivity contribution in [3.05, 3.63) is 58.2 Å². The second kappa shape index (κ2) is 6.06. The van der Waals surface area contributed by atoms with Gasteiger partial charge in [-0.05, 0) is 37.6 Å². The summed E-state index contributed by atoms with van der Waals surface area (Å²) in [7, 11) is 1.97. The first-order valence-electron chi connectivity index (χ1n) is 8.87. The Balaban J connectivity index is 1.47. The van der Waals surface area contributed by atoms with E-state index >= 15 is 0 Å². The van der Waals surface area contributed by atoms with Gasteiger partial charge in [0, 0.05) is 24.0 Å². The Morgan fingerprint density at radius 2 is 2.07 bits per heavy atom. The number of rotatable bonds is 2. The molecule has 1 aliphatic rings. The molecule has 0 unspecified atom stereocenters. The molecule has 3 aromatic heterocycles. The van der Waals surface area contributed by atoms with E-state index in [1.807, 2.05) is 40.9 Å². The molecule has 0 saturated heterocycles. The number of amides is 1. The Morgan fingerprint density at radius 3 is 2.89 bits per heavy atom. The second-order valence-electron chi connectivity index (χ2n) is 6.81. The molecule has 6 nitrogen and oxygen atoms in total. The number of para-hydroxylation sites is 1. The summed E-state index contributed by atoms with van der Waals surface area (Å²) >= 11 is 1.78. The molecule has 0 atom stereocenters. The molecule has 27 heavy (non-hydrogen) atoms. The maximum Gasteiger partial charge on any atom is 0.277 e. The highest BCUT2D eigenvalue weighted by Gasteiger charge is 2.30. The van der Waals surface area contributed by atoms with Crippen molar-refractivity contribution in [1.82, 2.24) is 19.8 Å². The first-order valence-corrected chi connectivity index (χ1v) is 9.68. The number of hydrogen-bond acceptors (Lipinski definition) is 5. The Hall–Kier alpha value is -2.93. The van der Waals surface area contributed by atoms with Crippen molar-refractivity contribution in [2.75, 3.05) is 6.54 Å². The number of hydrogen-bond donors (Lipinski definition) is 0. The minimum absolute atomic E-state index is 0.107. The molecule has 5 rings (SSSR count). The van der Waals surface area contributed by atoms with Gasteiger partial charge in [-0.2, -0.15) is 5.10 Å². The van der Waals surface area contributed by atoms with Gasteiger partial charge in [-0.25, -0.2) is 0 Å². The van der Waals surface area contributed by atoms with Gasteiger partial charge in [0.1, 0.15) is 0 Å². The van der Waals surface area contributed by atoms with Gasteiger partial charge in [-0.1, -0.05) is 17.3 Å². The van der Waals surface area contributed by atoms with Gasteiger partial charge in [0.2, 0.25) is 0 Å². The van der Waals surface area contributed by atoms with E-state index < -0.39 is 0 Å². The first kappa shape index (κ1) is 16.3. The number of nitrogens with zero attached hydrogens (tertiary/aromatic N) is 4. The van der Waals surface area contributed by atoms with E-state index in [2.05, 4.69) is 24.2 Å². The summed E-state index contributed by atoms with van der Waals surface area (Å²) in [6.07, 6.45) is 0.789. The maximum atomic E-state index is 13.0. The SMILES string of the molecule is Cc1ccc(-c2c3c(nn2C)CN(C(=O)c2noc4ccccc24)CC3)s1. The number of aromatic nitrogens is 3. The lowest BCUT2D eigenvalue weighted by Crippen LogP contribution is -2.36. The standard InChI is InChI=1S/C20H18N4O2S/c1-12-7-8-17(27-12)19-13-9-10-24(11-15(13)21-23(19)2)20(25)18-14-5-3-4-6-16(14)26-22-18/h3-8H,9-11H2,1-2H3. The predicted octanol–water partition coefficient (Wildman–Crippen LogP) is 3.80. The number of fused-ring (bicyclic) bond motifs is 2. The topological polar surface area (TPSA) is 64.2 Å². The Labute approximate surface area is 160 Å². The van der Waals surface area contributed by atoms with Crippen LogP contribution in [0.4, 0.5) is 0 Å². The molecule has 1 amide bonds. The van der Waals surface area contributed by atoms with Crippen LogP contribution in [0.1, 0.15) is 26.6 Å². The normalized spacial score (nSPS) is 13.9. The molecular weight excluding hydrogens is 360 g/mol. The van der Waals surface area contributed by atoms with Crippen LogP contribution in [0.2, 0.25) is 0 Å². The van der Waals surface area contributed by atoms with Gasteiger partial charge in [0.15, 0.2) is 11.3 Å². The quantitative estimate of drug-likeness (QED) is 0.532. The maximum absolute atomic E-state index is 13.0. The fourth-order valence-electron chi connectivity index (χ4n) is 3.75. The molecule has 0 bridgehead atoms. The van der Waals surface area contributed by atoms with E-state index in [0.717, 1.165) is 17.5 Å². The van der Waals surface area contributed by atoms with Crippen molar-refractivity contribution < 1.29 is 9.32 Å². The number of benzene rings is 1. The monoisotopic (exact) mass is 378 g/mol. The molecule has 0 fully saturated rings. The van der Waals surface area contributed by atoms with E-state index in [4.69, 9.17) is 9.62 Å². The second-order valence-corrected chi connectivity index (χ2v) is 8.10. The third-order valence-electron chi connectivity index (χ3n) is 5.04. The van der Waals surface area contributed by atoms with Crippen LogP contribution in [-0.2, 0) is 20.0 Å². The van der Waals surface area contributed by atoms with Crippen LogP contribution in [0, 0.1) is 6.92 Å². The summed E-state index contributed by atoms with van der Waals surface area (Å²) in [6.45, 7) is 3.25. The smallest absolute Gasteiger partial charge is 0.277 e. The van der Waals surface area contributed by atoms with Crippen LogP contribution in [0.5, 0.6) is 0 Å². The molecule has 0 spiro atoms. The number of aryl methyl sites for hydroxylation is 2. The van der Waals surface area contributed by atoms with Gasteiger partial charge < -0.3 is 9.42 Å². The third kappa shape index (κ3) is 2.57. The number of carbonyl (C=O) groups is 1. The van der Waals surface area contributed by atoms with Crippen LogP contribution in [0.15, 0.2) is 40.9 Å². The minimum atomic E-state index is -0.107. The van der Waals surface area contributed by atoms with Crippen LogP contribution in [-0.4, -0.2) is 32.3 Å². The van der Waals surface area contributed by atoms with Crippen LogP contribution >= 0.6 is 11.3 Å². The molecule has 0 radical (unpaired) electrons. The van der Waals surface area contributed by atoms with Crippen molar-refractivity contribution in [2.45, 2.75) is 19.9 Å². The van der Waals surface area contributed by atoms with Crippen LogP contribution in [0.3, 0.4) is 0 Å². The van der Waals surface area contributed by atoms with Crippen molar-refractivity contribution in [2.24, 2.45) is 7.05 Å². The Kier molecular flexibility index (Phi) is 3.65. The van der Waals surface area contributed by atoms with E-state index in [1.54, 1.807) is 11.3 Å². The summed E-state index contributed by atoms with van der Waals surface area (Å²) in [5, 5.41) is 9.46. The number of thiophene rings is 1. The molecule has 7 heteroatoms. The zero-order chi connectivity index (χ0) is 18.5. The highest BCUT2D eigenvalue weighted by Crippen LogP contribution is 2.34. The largest absolute Gasteiger partial charge is 0.355 e. The highest BCUT2D eigenvalue weighted by atomic mass is 32.1. The Morgan fingerprint density at radius 1 is 1.22 bits per heavy atom. The molecule has 0 saturated carbocycles. The lowest BCUT2D eigenvalue weighted by Gasteiger charge is -2.25. The van der Waals surface area contributed by atoms with E-state index in [0.29, 0.717) is 24.4 Å². The van der Waals surface area contributed by atoms with Gasteiger partial charge in [0.05, 0.1) is 28.2 Å². The Bertz CT molecular complexity index is 1170. The minimum Gasteiger partial charge on any atom is -0.355 e. The third-order valence-corrected chi connectivity index (χ3v) is 6.05. The lowest BCUT2D eigenvalue weighted by atomic mass is 10.0. The molecule has 4 heterocycles. The average molecular weight is 378 g/mol. The van der Waals surface area contributed by atoms with Gasteiger partial charge >= 0.3 is 0 Å². The van der Waals surface area contributed by atoms with Gasteiger partial charge in [0.25, 0.3) is 5.91 Å². The molecule has 0 aliphatic carbocycles. The summed E-state index contributed by atoms with van der Waals surface area (Å²) in [6, 6.07) is 11.7. The summed E-state index contributed by atoms with van der Waals surface area (Å²) in [4.78, 5) is 17.3. The van der Waals surface area contributed by atoms with Crippen LogP contribution < -0.4 is 0 Å². The van der Waals surface area contributed by atoms with Crippen molar-refractivity contribution in [1.29, 1.82) is 0 Å². The first-order chi connectivity index (χ1) is 13.1. The van der Waals surface area contributed by atoms with E-state index in [9.17, 15) is 4.79 Å². The summed E-state index contributed by atoms with van der Waals surface area (Å²) < 4.78 is 7.24. The molecule has 1 aliphatic heterocycles. The summed E-state index contributed by atoms with van der Waals surface area (Å²) in [5.41, 5.74) is 4.38. The number of carbonyl (C=O) groups excluding carboxylic acids is 1. The molecule has 4 aromatic rings. The highest BCUT2D eigenvalue weighted by molar-refractivity contribution is 7.15. The zero-order valence-corrected chi connectivity index (χ0v) is 15.9. The fraction of sp³-hybridized carbons (Fsp3) is 0.250. The van der Waals surface area contributed by atoms with E-state index in [-0.39, 0.29) is 5.91 Å². The lowest BCUT2D eigenvalue weighted by molar-refractivity contribution is 0.0724. The van der Waals surface area contributed by atoms with Crippen molar-refractivity contribution >= 4 is 28.2 Å². The predicted molar refractivity (Wildman–Crippen MR) is 104 cm³/mol. The van der Waals surface area contributed by atoms with Gasteiger partial charge in [-0.15, -0.1) is 11.3 Å². The summed E-state index contributed by atoms with van der Waals surface area (Å²) in [5.74, 6) is -0.107. The molecule has 136 valence electrons. The van der Waals surface area contributed by atoms with Crippen LogP contribution in [0.25, 0.3) is 21.5 Å².